The van der Waals surface area contributed by atoms with Gasteiger partial charge in [-0.3, -0.25) is 14.7 Å². The summed E-state index contributed by atoms with van der Waals surface area (Å²) < 4.78 is 27.8. The van der Waals surface area contributed by atoms with Crippen molar-refractivity contribution in [2.45, 2.75) is 37.3 Å². The van der Waals surface area contributed by atoms with E-state index in [2.05, 4.69) is 9.88 Å². The van der Waals surface area contributed by atoms with Crippen molar-refractivity contribution < 1.29 is 13.6 Å². The zero-order valence-electron chi connectivity index (χ0n) is 15.6. The van der Waals surface area contributed by atoms with Crippen LogP contribution in [0.2, 0.25) is 0 Å². The molecule has 0 saturated carbocycles. The molecule has 6 rings (SSSR count). The van der Waals surface area contributed by atoms with Gasteiger partial charge in [-0.2, -0.15) is 0 Å². The van der Waals surface area contributed by atoms with Crippen LogP contribution in [0.4, 0.5) is 8.78 Å². The number of pyridine rings is 1. The average molecular weight is 383 g/mol. The third-order valence-corrected chi connectivity index (χ3v) is 6.69. The Labute approximate surface area is 163 Å². The summed E-state index contributed by atoms with van der Waals surface area (Å²) in [6.07, 6.45) is 4.13. The highest BCUT2D eigenvalue weighted by Crippen LogP contribution is 2.46. The first-order valence-corrected chi connectivity index (χ1v) is 9.99. The van der Waals surface area contributed by atoms with Crippen LogP contribution in [0.5, 0.6) is 0 Å². The Morgan fingerprint density at radius 2 is 1.82 bits per heavy atom. The van der Waals surface area contributed by atoms with Crippen molar-refractivity contribution in [2.24, 2.45) is 5.92 Å². The minimum absolute atomic E-state index is 0.0572. The maximum atomic E-state index is 13.9. The molecule has 146 valence electrons. The minimum atomic E-state index is -0.555. The number of aromatic nitrogens is 1. The Hall–Kier alpha value is -2.34. The fraction of sp³-hybridized carbons (Fsp3) is 0.455. The number of rotatable bonds is 3. The van der Waals surface area contributed by atoms with Crippen molar-refractivity contribution in [3.05, 3.63) is 65.5 Å². The van der Waals surface area contributed by atoms with E-state index < -0.39 is 11.6 Å². The number of benzene rings is 1. The number of fused-ring (bicyclic) bond motifs is 2. The van der Waals surface area contributed by atoms with E-state index in [0.29, 0.717) is 18.0 Å². The van der Waals surface area contributed by atoms with Crippen LogP contribution in [0.1, 0.15) is 30.0 Å². The first-order valence-electron chi connectivity index (χ1n) is 9.99. The summed E-state index contributed by atoms with van der Waals surface area (Å²) in [7, 11) is 0. The summed E-state index contributed by atoms with van der Waals surface area (Å²) >= 11 is 0. The third kappa shape index (κ3) is 3.00. The Kier molecular flexibility index (Phi) is 4.38. The molecule has 0 radical (unpaired) electrons. The lowest BCUT2D eigenvalue weighted by Crippen LogP contribution is -2.60. The molecule has 4 aliphatic rings. The fourth-order valence-electron chi connectivity index (χ4n) is 5.55. The largest absolute Gasteiger partial charge is 0.337 e. The van der Waals surface area contributed by atoms with Gasteiger partial charge in [0.25, 0.3) is 0 Å². The van der Waals surface area contributed by atoms with Crippen LogP contribution in [0, 0.1) is 17.6 Å². The molecule has 2 aromatic rings. The van der Waals surface area contributed by atoms with Gasteiger partial charge in [0, 0.05) is 36.5 Å². The average Bonchev–Trinajstić information content (AvgIpc) is 3.12. The van der Waals surface area contributed by atoms with Gasteiger partial charge in [-0.25, -0.2) is 8.78 Å². The van der Waals surface area contributed by atoms with Gasteiger partial charge in [0.15, 0.2) is 0 Å². The molecule has 2 bridgehead atoms. The monoisotopic (exact) mass is 383 g/mol. The lowest BCUT2D eigenvalue weighted by atomic mass is 9.75. The molecule has 4 fully saturated rings. The van der Waals surface area contributed by atoms with Gasteiger partial charge in [0.2, 0.25) is 5.91 Å². The highest BCUT2D eigenvalue weighted by Gasteiger charge is 2.54. The van der Waals surface area contributed by atoms with E-state index in [1.807, 2.05) is 23.1 Å². The summed E-state index contributed by atoms with van der Waals surface area (Å²) in [4.78, 5) is 21.9. The van der Waals surface area contributed by atoms with Gasteiger partial charge in [-0.1, -0.05) is 6.07 Å². The van der Waals surface area contributed by atoms with Crippen LogP contribution in [-0.4, -0.2) is 52.4 Å². The number of carbonyl (C=O) groups is 1. The number of carbonyl (C=O) groups excluding carboxylic acids is 1. The number of hydrogen-bond donors (Lipinski definition) is 0. The zero-order chi connectivity index (χ0) is 19.3. The summed E-state index contributed by atoms with van der Waals surface area (Å²) in [5, 5.41) is 0. The highest BCUT2D eigenvalue weighted by molar-refractivity contribution is 5.79. The number of likely N-dealkylation sites (tertiary alicyclic amines) is 1. The molecule has 1 amide bonds. The van der Waals surface area contributed by atoms with Crippen LogP contribution < -0.4 is 0 Å². The number of hydrogen-bond acceptors (Lipinski definition) is 3. The molecule has 5 heterocycles. The second-order valence-corrected chi connectivity index (χ2v) is 8.21. The number of piperidine rings is 3. The van der Waals surface area contributed by atoms with Gasteiger partial charge in [-0.15, -0.1) is 0 Å². The number of halogens is 2. The molecule has 1 aromatic heterocycles. The van der Waals surface area contributed by atoms with E-state index in [4.69, 9.17) is 0 Å². The predicted molar refractivity (Wildman–Crippen MR) is 101 cm³/mol. The molecule has 4 nitrogen and oxygen atoms in total. The number of amides is 1. The van der Waals surface area contributed by atoms with Crippen LogP contribution in [0.25, 0.3) is 0 Å². The molecular weight excluding hydrogens is 360 g/mol. The number of nitrogens with zero attached hydrogens (tertiary/aromatic N) is 3. The SMILES string of the molecule is O=C(Cc1ccccn1)N1C[C@H](c2cc(F)cc(F)c2)[C@H]2[C@@H]1C1CCN2CC1. The Morgan fingerprint density at radius 1 is 1.07 bits per heavy atom. The second-order valence-electron chi connectivity index (χ2n) is 8.21. The summed E-state index contributed by atoms with van der Waals surface area (Å²) in [6.45, 7) is 2.52. The van der Waals surface area contributed by atoms with Crippen LogP contribution in [0.3, 0.4) is 0 Å². The first-order chi connectivity index (χ1) is 13.6. The molecule has 0 unspecified atom stereocenters. The van der Waals surface area contributed by atoms with Crippen LogP contribution >= 0.6 is 0 Å². The zero-order valence-corrected chi connectivity index (χ0v) is 15.6. The molecular formula is C22H23F2N3O. The highest BCUT2D eigenvalue weighted by atomic mass is 19.1. The van der Waals surface area contributed by atoms with E-state index in [0.717, 1.165) is 37.7 Å². The topological polar surface area (TPSA) is 36.4 Å². The van der Waals surface area contributed by atoms with E-state index in [9.17, 15) is 13.6 Å². The van der Waals surface area contributed by atoms with Crippen molar-refractivity contribution in [2.75, 3.05) is 19.6 Å². The minimum Gasteiger partial charge on any atom is -0.337 e. The summed E-state index contributed by atoms with van der Waals surface area (Å²) in [5.41, 5.74) is 1.42. The second kappa shape index (κ2) is 6.92. The van der Waals surface area contributed by atoms with E-state index >= 15 is 0 Å². The van der Waals surface area contributed by atoms with Crippen LogP contribution in [-0.2, 0) is 11.2 Å². The molecule has 0 spiro atoms. The van der Waals surface area contributed by atoms with E-state index in [1.54, 1.807) is 6.20 Å². The molecule has 1 aromatic carbocycles. The Balaban J connectivity index is 1.47. The van der Waals surface area contributed by atoms with Gasteiger partial charge >= 0.3 is 0 Å². The first kappa shape index (κ1) is 17.7. The van der Waals surface area contributed by atoms with Gasteiger partial charge in [0.05, 0.1) is 12.5 Å². The van der Waals surface area contributed by atoms with Crippen molar-refractivity contribution >= 4 is 5.91 Å². The molecule has 6 heteroatoms. The lowest BCUT2D eigenvalue weighted by molar-refractivity contribution is -0.135. The molecule has 4 aliphatic heterocycles. The molecule has 3 atom stereocenters. The molecule has 4 saturated heterocycles. The maximum Gasteiger partial charge on any atom is 0.228 e. The normalized spacial score (nSPS) is 31.1. The smallest absolute Gasteiger partial charge is 0.228 e. The Bertz CT molecular complexity index is 862. The van der Waals surface area contributed by atoms with Crippen LogP contribution in [0.15, 0.2) is 42.6 Å². The predicted octanol–water partition coefficient (Wildman–Crippen LogP) is 2.99. The van der Waals surface area contributed by atoms with Crippen molar-refractivity contribution in [1.29, 1.82) is 0 Å². The van der Waals surface area contributed by atoms with Gasteiger partial charge in [-0.05, 0) is 61.7 Å². The maximum absolute atomic E-state index is 13.9. The van der Waals surface area contributed by atoms with Gasteiger partial charge in [0.1, 0.15) is 11.6 Å². The Morgan fingerprint density at radius 3 is 2.50 bits per heavy atom. The van der Waals surface area contributed by atoms with E-state index in [1.165, 1.54) is 12.1 Å². The molecule has 28 heavy (non-hydrogen) atoms. The molecule has 0 aliphatic carbocycles. The standard InChI is InChI=1S/C22H23F2N3O/c23-16-9-15(10-17(24)11-16)19-13-27(20(28)12-18-3-1-2-6-25-18)21-14-4-7-26(8-5-14)22(19)21/h1-3,6,9-11,14,19,21-22H,4-5,7-8,12-13H2/t19-,21+,22+/m1/s1. The van der Waals surface area contributed by atoms with Crippen molar-refractivity contribution in [3.8, 4) is 0 Å². The third-order valence-electron chi connectivity index (χ3n) is 6.69. The summed E-state index contributed by atoms with van der Waals surface area (Å²) in [6, 6.07) is 9.62. The van der Waals surface area contributed by atoms with E-state index in [-0.39, 0.29) is 30.3 Å². The fourth-order valence-corrected chi connectivity index (χ4v) is 5.55. The molecule has 0 N–H and O–H groups in total. The quantitative estimate of drug-likeness (QED) is 0.818. The van der Waals surface area contributed by atoms with Crippen molar-refractivity contribution in [3.63, 3.8) is 0 Å². The summed E-state index contributed by atoms with van der Waals surface area (Å²) in [5.74, 6) is -0.652. The van der Waals surface area contributed by atoms with Crippen molar-refractivity contribution in [1.82, 2.24) is 14.8 Å². The lowest BCUT2D eigenvalue weighted by Gasteiger charge is -2.51. The van der Waals surface area contributed by atoms with Gasteiger partial charge < -0.3 is 4.90 Å².